The molecule has 1 aliphatic rings. The summed E-state index contributed by atoms with van der Waals surface area (Å²) in [5.74, 6) is 0.307. The largest absolute Gasteiger partial charge is 0.444 e. The summed E-state index contributed by atoms with van der Waals surface area (Å²) in [6.45, 7) is 7.05. The van der Waals surface area contributed by atoms with E-state index in [2.05, 4.69) is 0 Å². The molecule has 0 spiro atoms. The maximum Gasteiger partial charge on any atom is 0.410 e. The van der Waals surface area contributed by atoms with Gasteiger partial charge in [-0.15, -0.1) is 0 Å². The summed E-state index contributed by atoms with van der Waals surface area (Å²) in [6, 6.07) is 7.84. The highest BCUT2D eigenvalue weighted by molar-refractivity contribution is 6.31. The Labute approximate surface area is 119 Å². The van der Waals surface area contributed by atoms with E-state index in [4.69, 9.17) is 16.3 Å². The third kappa shape index (κ3) is 3.63. The number of halogens is 1. The predicted octanol–water partition coefficient (Wildman–Crippen LogP) is 4.06. The Hall–Kier alpha value is -1.22. The molecule has 1 atom stereocenters. The molecule has 1 fully saturated rings. The van der Waals surface area contributed by atoms with Gasteiger partial charge < -0.3 is 9.64 Å². The summed E-state index contributed by atoms with van der Waals surface area (Å²) in [5.41, 5.74) is 0.676. The minimum absolute atomic E-state index is 0.234. The SMILES string of the molecule is CC(C)(C)OC(=O)N1CCC(c2ccccc2Cl)C1. The van der Waals surface area contributed by atoms with Gasteiger partial charge in [-0.25, -0.2) is 4.79 Å². The van der Waals surface area contributed by atoms with Crippen LogP contribution in [0.1, 0.15) is 38.7 Å². The Balaban J connectivity index is 2.01. The Bertz CT molecular complexity index is 467. The molecule has 1 saturated heterocycles. The summed E-state index contributed by atoms with van der Waals surface area (Å²) < 4.78 is 5.39. The molecular weight excluding hydrogens is 262 g/mol. The minimum Gasteiger partial charge on any atom is -0.444 e. The van der Waals surface area contributed by atoms with Crippen molar-refractivity contribution in [3.05, 3.63) is 34.9 Å². The number of ether oxygens (including phenoxy) is 1. The summed E-state index contributed by atoms with van der Waals surface area (Å²) in [6.07, 6.45) is 0.699. The van der Waals surface area contributed by atoms with E-state index in [1.165, 1.54) is 0 Å². The van der Waals surface area contributed by atoms with Crippen LogP contribution in [0.25, 0.3) is 0 Å². The molecule has 0 radical (unpaired) electrons. The van der Waals surface area contributed by atoms with Gasteiger partial charge in [-0.3, -0.25) is 0 Å². The highest BCUT2D eigenvalue weighted by Gasteiger charge is 2.31. The lowest BCUT2D eigenvalue weighted by Gasteiger charge is -2.24. The molecule has 104 valence electrons. The van der Waals surface area contributed by atoms with Gasteiger partial charge in [0.15, 0.2) is 0 Å². The van der Waals surface area contributed by atoms with Crippen LogP contribution in [0.15, 0.2) is 24.3 Å². The van der Waals surface area contributed by atoms with E-state index in [9.17, 15) is 4.79 Å². The molecule has 0 bridgehead atoms. The van der Waals surface area contributed by atoms with Crippen molar-refractivity contribution >= 4 is 17.7 Å². The molecule has 1 aromatic rings. The fourth-order valence-corrected chi connectivity index (χ4v) is 2.60. The van der Waals surface area contributed by atoms with E-state index in [-0.39, 0.29) is 6.09 Å². The maximum absolute atomic E-state index is 12.0. The van der Waals surface area contributed by atoms with Crippen LogP contribution in [0.5, 0.6) is 0 Å². The van der Waals surface area contributed by atoms with Crippen molar-refractivity contribution in [2.75, 3.05) is 13.1 Å². The van der Waals surface area contributed by atoms with Gasteiger partial charge in [-0.1, -0.05) is 29.8 Å². The molecular formula is C15H20ClNO2. The molecule has 1 amide bonds. The first-order chi connectivity index (χ1) is 8.87. The zero-order valence-corrected chi connectivity index (χ0v) is 12.4. The molecule has 0 aliphatic carbocycles. The highest BCUT2D eigenvalue weighted by Crippen LogP contribution is 2.32. The number of nitrogens with zero attached hydrogens (tertiary/aromatic N) is 1. The number of carbonyl (C=O) groups excluding carboxylic acids is 1. The standard InChI is InChI=1S/C15H20ClNO2/c1-15(2,3)19-14(18)17-9-8-11(10-17)12-6-4-5-7-13(12)16/h4-7,11H,8-10H2,1-3H3. The number of rotatable bonds is 1. The van der Waals surface area contributed by atoms with Crippen LogP contribution in [0.4, 0.5) is 4.79 Å². The van der Waals surface area contributed by atoms with Crippen LogP contribution in [-0.2, 0) is 4.74 Å². The second-order valence-electron chi connectivity index (χ2n) is 5.93. The number of carbonyl (C=O) groups is 1. The van der Waals surface area contributed by atoms with Crippen molar-refractivity contribution in [2.45, 2.75) is 38.7 Å². The average Bonchev–Trinajstić information content (AvgIpc) is 2.76. The van der Waals surface area contributed by atoms with Crippen LogP contribution in [0, 0.1) is 0 Å². The number of likely N-dealkylation sites (tertiary alicyclic amines) is 1. The summed E-state index contributed by atoms with van der Waals surface area (Å²) in [4.78, 5) is 13.8. The lowest BCUT2D eigenvalue weighted by atomic mass is 9.98. The Morgan fingerprint density at radius 1 is 1.37 bits per heavy atom. The van der Waals surface area contributed by atoms with E-state index in [1.54, 1.807) is 4.90 Å². The van der Waals surface area contributed by atoms with Gasteiger partial charge in [0.2, 0.25) is 0 Å². The van der Waals surface area contributed by atoms with Crippen molar-refractivity contribution in [1.82, 2.24) is 4.90 Å². The molecule has 19 heavy (non-hydrogen) atoms. The topological polar surface area (TPSA) is 29.5 Å². The van der Waals surface area contributed by atoms with E-state index in [0.29, 0.717) is 12.5 Å². The lowest BCUT2D eigenvalue weighted by Crippen LogP contribution is -2.35. The maximum atomic E-state index is 12.0. The van der Waals surface area contributed by atoms with Crippen molar-refractivity contribution in [2.24, 2.45) is 0 Å². The third-order valence-electron chi connectivity index (χ3n) is 3.18. The van der Waals surface area contributed by atoms with E-state index in [0.717, 1.165) is 23.6 Å². The Kier molecular flexibility index (Phi) is 4.04. The molecule has 1 aromatic carbocycles. The second kappa shape index (κ2) is 5.41. The molecule has 0 aromatic heterocycles. The molecule has 3 nitrogen and oxygen atoms in total. The van der Waals surface area contributed by atoms with Crippen LogP contribution in [0.2, 0.25) is 5.02 Å². The van der Waals surface area contributed by atoms with Gasteiger partial charge in [-0.2, -0.15) is 0 Å². The molecule has 1 aliphatic heterocycles. The Morgan fingerprint density at radius 3 is 2.68 bits per heavy atom. The minimum atomic E-state index is -0.445. The average molecular weight is 282 g/mol. The zero-order valence-electron chi connectivity index (χ0n) is 11.6. The van der Waals surface area contributed by atoms with Crippen molar-refractivity contribution in [3.63, 3.8) is 0 Å². The monoisotopic (exact) mass is 281 g/mol. The van der Waals surface area contributed by atoms with E-state index < -0.39 is 5.60 Å². The van der Waals surface area contributed by atoms with E-state index >= 15 is 0 Å². The first-order valence-electron chi connectivity index (χ1n) is 6.59. The second-order valence-corrected chi connectivity index (χ2v) is 6.34. The number of hydrogen-bond acceptors (Lipinski definition) is 2. The molecule has 1 unspecified atom stereocenters. The van der Waals surface area contributed by atoms with Crippen molar-refractivity contribution < 1.29 is 9.53 Å². The van der Waals surface area contributed by atoms with Gasteiger partial charge in [-0.05, 0) is 38.8 Å². The zero-order chi connectivity index (χ0) is 14.0. The van der Waals surface area contributed by atoms with Gasteiger partial charge in [0.25, 0.3) is 0 Å². The fourth-order valence-electron chi connectivity index (χ4n) is 2.31. The first kappa shape index (κ1) is 14.2. The highest BCUT2D eigenvalue weighted by atomic mass is 35.5. The van der Waals surface area contributed by atoms with Gasteiger partial charge in [0.05, 0.1) is 0 Å². The number of benzene rings is 1. The fraction of sp³-hybridized carbons (Fsp3) is 0.533. The van der Waals surface area contributed by atoms with Gasteiger partial charge in [0, 0.05) is 24.0 Å². The van der Waals surface area contributed by atoms with Crippen LogP contribution in [-0.4, -0.2) is 29.7 Å². The Morgan fingerprint density at radius 2 is 2.05 bits per heavy atom. The van der Waals surface area contributed by atoms with Crippen LogP contribution < -0.4 is 0 Å². The van der Waals surface area contributed by atoms with E-state index in [1.807, 2.05) is 45.0 Å². The van der Waals surface area contributed by atoms with Crippen molar-refractivity contribution in [3.8, 4) is 0 Å². The number of amides is 1. The van der Waals surface area contributed by atoms with Crippen LogP contribution in [0.3, 0.4) is 0 Å². The third-order valence-corrected chi connectivity index (χ3v) is 3.53. The quantitative estimate of drug-likeness (QED) is 0.777. The lowest BCUT2D eigenvalue weighted by molar-refractivity contribution is 0.0292. The molecule has 4 heteroatoms. The predicted molar refractivity (Wildman–Crippen MR) is 76.6 cm³/mol. The van der Waals surface area contributed by atoms with Crippen LogP contribution >= 0.6 is 11.6 Å². The molecule has 0 saturated carbocycles. The smallest absolute Gasteiger partial charge is 0.410 e. The number of hydrogen-bond donors (Lipinski definition) is 0. The summed E-state index contributed by atoms with van der Waals surface area (Å²) in [7, 11) is 0. The normalized spacial score (nSPS) is 19.6. The molecule has 0 N–H and O–H groups in total. The van der Waals surface area contributed by atoms with Gasteiger partial charge in [0.1, 0.15) is 5.60 Å². The molecule has 1 heterocycles. The summed E-state index contributed by atoms with van der Waals surface area (Å²) >= 11 is 6.20. The first-order valence-corrected chi connectivity index (χ1v) is 6.97. The molecule has 2 rings (SSSR count). The summed E-state index contributed by atoms with van der Waals surface area (Å²) in [5, 5.41) is 0.776. The van der Waals surface area contributed by atoms with Crippen molar-refractivity contribution in [1.29, 1.82) is 0 Å². The van der Waals surface area contributed by atoms with Gasteiger partial charge >= 0.3 is 6.09 Å².